The Labute approximate surface area is 149 Å². The number of piperazine rings is 1. The van der Waals surface area contributed by atoms with Crippen LogP contribution in [0.4, 0.5) is 11.4 Å². The van der Waals surface area contributed by atoms with Crippen molar-refractivity contribution in [2.24, 2.45) is 0 Å². The second-order valence-corrected chi connectivity index (χ2v) is 6.45. The average molecular weight is 340 g/mol. The van der Waals surface area contributed by atoms with E-state index in [1.807, 2.05) is 24.3 Å². The van der Waals surface area contributed by atoms with Gasteiger partial charge in [0.05, 0.1) is 39.0 Å². The Bertz CT molecular complexity index is 724. The maximum atomic E-state index is 12.4. The number of ether oxygens (including phenoxy) is 1. The number of benzene rings is 2. The highest BCUT2D eigenvalue weighted by molar-refractivity contribution is 5.92. The van der Waals surface area contributed by atoms with Gasteiger partial charge in [-0.1, -0.05) is 30.3 Å². The third-order valence-electron chi connectivity index (χ3n) is 4.72. The molecule has 1 aliphatic heterocycles. The van der Waals surface area contributed by atoms with Gasteiger partial charge in [-0.25, -0.2) is 0 Å². The van der Waals surface area contributed by atoms with E-state index in [1.165, 1.54) is 16.2 Å². The van der Waals surface area contributed by atoms with Crippen molar-refractivity contribution in [3.63, 3.8) is 0 Å². The lowest BCUT2D eigenvalue weighted by Gasteiger charge is -2.34. The largest absolute Gasteiger partial charge is 0.495 e. The third-order valence-corrected chi connectivity index (χ3v) is 4.72. The van der Waals surface area contributed by atoms with E-state index in [1.54, 1.807) is 7.11 Å². The average Bonchev–Trinajstić information content (AvgIpc) is 2.63. The number of hydrogen-bond acceptors (Lipinski definition) is 3. The van der Waals surface area contributed by atoms with Gasteiger partial charge in [-0.05, 0) is 30.7 Å². The van der Waals surface area contributed by atoms with Crippen molar-refractivity contribution in [3.8, 4) is 5.75 Å². The maximum absolute atomic E-state index is 12.4. The smallest absolute Gasteiger partial charge is 0.279 e. The molecule has 5 heteroatoms. The van der Waals surface area contributed by atoms with Gasteiger partial charge < -0.3 is 19.9 Å². The predicted octanol–water partition coefficient (Wildman–Crippen LogP) is 1.35. The number of aryl methyl sites for hydroxylation is 1. The lowest BCUT2D eigenvalue weighted by molar-refractivity contribution is -0.892. The molecule has 1 aliphatic rings. The minimum atomic E-state index is 0.0313. The van der Waals surface area contributed by atoms with E-state index in [0.29, 0.717) is 12.3 Å². The third kappa shape index (κ3) is 4.31. The molecule has 1 fully saturated rings. The predicted molar refractivity (Wildman–Crippen MR) is 101 cm³/mol. The first kappa shape index (κ1) is 17.3. The summed E-state index contributed by atoms with van der Waals surface area (Å²) in [6.07, 6.45) is 0. The van der Waals surface area contributed by atoms with Crippen molar-refractivity contribution < 1.29 is 14.4 Å². The number of para-hydroxylation sites is 3. The van der Waals surface area contributed by atoms with Crippen LogP contribution < -0.4 is 19.9 Å². The van der Waals surface area contributed by atoms with Gasteiger partial charge in [-0.3, -0.25) is 4.79 Å². The number of hydrogen-bond donors (Lipinski definition) is 2. The first-order valence-electron chi connectivity index (χ1n) is 8.74. The molecule has 0 unspecified atom stereocenters. The van der Waals surface area contributed by atoms with Crippen LogP contribution in [-0.4, -0.2) is 45.7 Å². The monoisotopic (exact) mass is 340 g/mol. The molecular formula is C20H26N3O2+. The second kappa shape index (κ2) is 8.03. The van der Waals surface area contributed by atoms with Crippen molar-refractivity contribution in [1.29, 1.82) is 0 Å². The number of nitrogens with one attached hydrogen (secondary N) is 2. The zero-order valence-electron chi connectivity index (χ0n) is 14.9. The highest BCUT2D eigenvalue weighted by Crippen LogP contribution is 2.22. The summed E-state index contributed by atoms with van der Waals surface area (Å²) >= 11 is 0. The van der Waals surface area contributed by atoms with Crippen LogP contribution in [0.25, 0.3) is 0 Å². The van der Waals surface area contributed by atoms with Crippen LogP contribution in [0, 0.1) is 6.92 Å². The van der Waals surface area contributed by atoms with Crippen LogP contribution in [-0.2, 0) is 4.79 Å². The van der Waals surface area contributed by atoms with Crippen LogP contribution in [0.2, 0.25) is 0 Å². The fraction of sp³-hybridized carbons (Fsp3) is 0.350. The highest BCUT2D eigenvalue weighted by atomic mass is 16.5. The number of methoxy groups -OCH3 is 1. The SMILES string of the molecule is COc1ccccc1NC(=O)C[NH+]1CCN(c2ccccc2C)CC1. The second-order valence-electron chi connectivity index (χ2n) is 6.45. The lowest BCUT2D eigenvalue weighted by atomic mass is 10.1. The molecule has 2 N–H and O–H groups in total. The summed E-state index contributed by atoms with van der Waals surface area (Å²) in [5, 5.41) is 2.96. The van der Waals surface area contributed by atoms with Crippen LogP contribution in [0.1, 0.15) is 5.56 Å². The van der Waals surface area contributed by atoms with E-state index >= 15 is 0 Å². The normalized spacial score (nSPS) is 15.0. The van der Waals surface area contributed by atoms with E-state index in [-0.39, 0.29) is 5.91 Å². The van der Waals surface area contributed by atoms with Crippen LogP contribution in [0.15, 0.2) is 48.5 Å². The number of nitrogens with zero attached hydrogens (tertiary/aromatic N) is 1. The summed E-state index contributed by atoms with van der Waals surface area (Å²) in [7, 11) is 1.61. The molecule has 25 heavy (non-hydrogen) atoms. The Morgan fingerprint density at radius 3 is 2.52 bits per heavy atom. The quantitative estimate of drug-likeness (QED) is 0.864. The summed E-state index contributed by atoms with van der Waals surface area (Å²) in [5.74, 6) is 0.721. The molecular weight excluding hydrogens is 314 g/mol. The molecule has 1 amide bonds. The van der Waals surface area contributed by atoms with Gasteiger partial charge in [0.25, 0.3) is 5.91 Å². The Kier molecular flexibility index (Phi) is 5.56. The minimum Gasteiger partial charge on any atom is -0.495 e. The van der Waals surface area contributed by atoms with Crippen molar-refractivity contribution in [1.82, 2.24) is 0 Å². The Hall–Kier alpha value is -2.53. The molecule has 0 spiro atoms. The van der Waals surface area contributed by atoms with Crippen LogP contribution in [0.5, 0.6) is 5.75 Å². The van der Waals surface area contributed by atoms with E-state index in [0.717, 1.165) is 31.9 Å². The summed E-state index contributed by atoms with van der Waals surface area (Å²) in [4.78, 5) is 16.1. The van der Waals surface area contributed by atoms with Gasteiger partial charge in [-0.15, -0.1) is 0 Å². The molecule has 3 rings (SSSR count). The van der Waals surface area contributed by atoms with Crippen LogP contribution >= 0.6 is 0 Å². The zero-order valence-corrected chi connectivity index (χ0v) is 14.9. The standard InChI is InChI=1S/C20H25N3O2/c1-16-7-3-5-9-18(16)23-13-11-22(12-14-23)15-20(24)21-17-8-4-6-10-19(17)25-2/h3-10H,11-15H2,1-2H3,(H,21,24)/p+1. The number of amides is 1. The molecule has 0 aliphatic carbocycles. The molecule has 1 heterocycles. The zero-order chi connectivity index (χ0) is 17.6. The Morgan fingerprint density at radius 2 is 1.80 bits per heavy atom. The molecule has 2 aromatic carbocycles. The molecule has 1 saturated heterocycles. The number of carbonyl (C=O) groups is 1. The van der Waals surface area contributed by atoms with Gasteiger partial charge >= 0.3 is 0 Å². The topological polar surface area (TPSA) is 46.0 Å². The molecule has 0 radical (unpaired) electrons. The summed E-state index contributed by atoms with van der Waals surface area (Å²) in [5.41, 5.74) is 3.34. The molecule has 0 atom stereocenters. The molecule has 132 valence electrons. The number of anilines is 2. The molecule has 0 saturated carbocycles. The first-order valence-corrected chi connectivity index (χ1v) is 8.74. The van der Waals surface area contributed by atoms with Gasteiger partial charge in [0, 0.05) is 5.69 Å². The van der Waals surface area contributed by atoms with Crippen molar-refractivity contribution in [3.05, 3.63) is 54.1 Å². The Balaban J connectivity index is 1.52. The molecule has 0 bridgehead atoms. The maximum Gasteiger partial charge on any atom is 0.279 e. The number of rotatable bonds is 5. The van der Waals surface area contributed by atoms with E-state index in [9.17, 15) is 4.79 Å². The van der Waals surface area contributed by atoms with Crippen molar-refractivity contribution >= 4 is 17.3 Å². The highest BCUT2D eigenvalue weighted by Gasteiger charge is 2.23. The minimum absolute atomic E-state index is 0.0313. The van der Waals surface area contributed by atoms with Crippen molar-refractivity contribution in [2.75, 3.05) is 50.1 Å². The lowest BCUT2D eigenvalue weighted by Crippen LogP contribution is -3.15. The van der Waals surface area contributed by atoms with Gasteiger partial charge in [0.1, 0.15) is 5.75 Å². The van der Waals surface area contributed by atoms with Crippen molar-refractivity contribution in [2.45, 2.75) is 6.92 Å². The van der Waals surface area contributed by atoms with E-state index in [2.05, 4.69) is 41.4 Å². The summed E-state index contributed by atoms with van der Waals surface area (Å²) in [6.45, 7) is 6.51. The van der Waals surface area contributed by atoms with Gasteiger partial charge in [0.2, 0.25) is 0 Å². The molecule has 5 nitrogen and oxygen atoms in total. The van der Waals surface area contributed by atoms with E-state index in [4.69, 9.17) is 4.74 Å². The molecule has 0 aromatic heterocycles. The summed E-state index contributed by atoms with van der Waals surface area (Å²) < 4.78 is 5.28. The van der Waals surface area contributed by atoms with Crippen LogP contribution in [0.3, 0.4) is 0 Å². The van der Waals surface area contributed by atoms with Gasteiger partial charge in [-0.2, -0.15) is 0 Å². The fourth-order valence-corrected chi connectivity index (χ4v) is 3.33. The molecule has 2 aromatic rings. The van der Waals surface area contributed by atoms with Gasteiger partial charge in [0.15, 0.2) is 6.54 Å². The fourth-order valence-electron chi connectivity index (χ4n) is 3.33. The number of quaternary nitrogens is 1. The number of carbonyl (C=O) groups excluding carboxylic acids is 1. The summed E-state index contributed by atoms with van der Waals surface area (Å²) in [6, 6.07) is 16.0. The first-order chi connectivity index (χ1) is 12.2. The Morgan fingerprint density at radius 1 is 1.12 bits per heavy atom. The van der Waals surface area contributed by atoms with E-state index < -0.39 is 0 Å².